The highest BCUT2D eigenvalue weighted by Crippen LogP contribution is 2.21. The zero-order valence-electron chi connectivity index (χ0n) is 13.3. The molecule has 24 heavy (non-hydrogen) atoms. The number of rotatable bonds is 6. The van der Waals surface area contributed by atoms with Crippen molar-refractivity contribution in [2.75, 3.05) is 6.61 Å². The minimum atomic E-state index is -0.801. The molecule has 0 saturated carbocycles. The molecule has 6 heteroatoms. The van der Waals surface area contributed by atoms with Crippen molar-refractivity contribution >= 4 is 11.0 Å². The number of hydrogen-bond donors (Lipinski definition) is 2. The van der Waals surface area contributed by atoms with Crippen LogP contribution in [0.4, 0.5) is 4.39 Å². The van der Waals surface area contributed by atoms with Crippen LogP contribution in [0.25, 0.3) is 11.0 Å². The number of aliphatic hydroxyl groups excluding tert-OH is 2. The molecule has 2 aromatic carbocycles. The molecular weight excluding hydrogens is 311 g/mol. The van der Waals surface area contributed by atoms with E-state index < -0.39 is 12.2 Å². The number of para-hydroxylation sites is 2. The van der Waals surface area contributed by atoms with Crippen molar-refractivity contribution in [2.45, 2.75) is 25.7 Å². The lowest BCUT2D eigenvalue weighted by Crippen LogP contribution is -2.25. The van der Waals surface area contributed by atoms with Gasteiger partial charge in [0.15, 0.2) is 0 Å². The van der Waals surface area contributed by atoms with Gasteiger partial charge in [-0.05, 0) is 43.3 Å². The average Bonchev–Trinajstić information content (AvgIpc) is 2.93. The monoisotopic (exact) mass is 330 g/mol. The van der Waals surface area contributed by atoms with E-state index >= 15 is 0 Å². The molecule has 0 radical (unpaired) electrons. The van der Waals surface area contributed by atoms with Crippen LogP contribution in [0, 0.1) is 5.82 Å². The molecular formula is C18H19FN2O3. The maximum absolute atomic E-state index is 12.9. The lowest BCUT2D eigenvalue weighted by molar-refractivity contribution is 0.0895. The third-order valence-electron chi connectivity index (χ3n) is 3.71. The zero-order valence-corrected chi connectivity index (χ0v) is 13.3. The molecule has 5 nitrogen and oxygen atoms in total. The molecule has 0 aliphatic carbocycles. The molecule has 0 aliphatic heterocycles. The van der Waals surface area contributed by atoms with Gasteiger partial charge in [0, 0.05) is 0 Å². The van der Waals surface area contributed by atoms with Gasteiger partial charge in [0.2, 0.25) is 0 Å². The number of hydrogen-bond acceptors (Lipinski definition) is 4. The van der Waals surface area contributed by atoms with Crippen LogP contribution < -0.4 is 4.74 Å². The minimum Gasteiger partial charge on any atom is -0.491 e. The summed E-state index contributed by atoms with van der Waals surface area (Å²) in [6.07, 6.45) is -1.55. The van der Waals surface area contributed by atoms with Crippen molar-refractivity contribution in [1.82, 2.24) is 9.55 Å². The molecule has 0 fully saturated rings. The van der Waals surface area contributed by atoms with E-state index in [0.717, 1.165) is 11.0 Å². The lowest BCUT2D eigenvalue weighted by atomic mass is 10.3. The van der Waals surface area contributed by atoms with Crippen molar-refractivity contribution in [3.05, 3.63) is 60.2 Å². The van der Waals surface area contributed by atoms with E-state index in [0.29, 0.717) is 11.6 Å². The molecule has 1 aromatic heterocycles. The number of nitrogens with zero attached hydrogens (tertiary/aromatic N) is 2. The standard InChI is InChI=1S/C18H19FN2O3/c1-12(22)18-20-16-4-2-3-5-17(16)21(18)10-14(23)11-24-15-8-6-13(19)7-9-15/h2-9,12,14,22-23H,10-11H2,1H3/t12-,14+/m0/s1. The van der Waals surface area contributed by atoms with Crippen LogP contribution in [0.5, 0.6) is 5.75 Å². The Morgan fingerprint density at radius 3 is 2.54 bits per heavy atom. The summed E-state index contributed by atoms with van der Waals surface area (Å²) in [5.74, 6) is 0.646. The molecule has 1 heterocycles. The van der Waals surface area contributed by atoms with Crippen molar-refractivity contribution in [2.24, 2.45) is 0 Å². The normalized spacial score (nSPS) is 13.8. The summed E-state index contributed by atoms with van der Waals surface area (Å²) in [5.41, 5.74) is 1.61. The van der Waals surface area contributed by atoms with Gasteiger partial charge in [-0.25, -0.2) is 9.37 Å². The van der Waals surface area contributed by atoms with Crippen LogP contribution in [0.2, 0.25) is 0 Å². The molecule has 0 aliphatic rings. The van der Waals surface area contributed by atoms with Crippen LogP contribution in [0.15, 0.2) is 48.5 Å². The number of halogens is 1. The van der Waals surface area contributed by atoms with Gasteiger partial charge in [-0.1, -0.05) is 12.1 Å². The Kier molecular flexibility index (Phi) is 4.78. The largest absolute Gasteiger partial charge is 0.491 e. The number of imidazole rings is 1. The molecule has 0 spiro atoms. The summed E-state index contributed by atoms with van der Waals surface area (Å²) >= 11 is 0. The Bertz CT molecular complexity index is 815. The third-order valence-corrected chi connectivity index (χ3v) is 3.71. The first kappa shape index (κ1) is 16.4. The summed E-state index contributed by atoms with van der Waals surface area (Å²) in [4.78, 5) is 4.41. The van der Waals surface area contributed by atoms with Gasteiger partial charge in [-0.3, -0.25) is 0 Å². The molecule has 0 saturated heterocycles. The molecule has 3 aromatic rings. The van der Waals surface area contributed by atoms with E-state index in [1.54, 1.807) is 11.5 Å². The van der Waals surface area contributed by atoms with E-state index in [4.69, 9.17) is 4.74 Å². The Labute approximate surface area is 139 Å². The van der Waals surface area contributed by atoms with Crippen LogP contribution in [0.3, 0.4) is 0 Å². The Morgan fingerprint density at radius 2 is 1.83 bits per heavy atom. The Hall–Kier alpha value is -2.44. The van der Waals surface area contributed by atoms with E-state index in [-0.39, 0.29) is 19.0 Å². The zero-order chi connectivity index (χ0) is 17.1. The highest BCUT2D eigenvalue weighted by atomic mass is 19.1. The molecule has 126 valence electrons. The highest BCUT2D eigenvalue weighted by Gasteiger charge is 2.17. The van der Waals surface area contributed by atoms with Crippen LogP contribution >= 0.6 is 0 Å². The first-order chi connectivity index (χ1) is 11.5. The number of ether oxygens (including phenoxy) is 1. The minimum absolute atomic E-state index is 0.0530. The SMILES string of the molecule is C[C@H](O)c1nc2ccccc2n1C[C@@H](O)COc1ccc(F)cc1. The summed E-state index contributed by atoms with van der Waals surface area (Å²) < 4.78 is 20.1. The fraction of sp³-hybridized carbons (Fsp3) is 0.278. The number of benzene rings is 2. The predicted molar refractivity (Wildman–Crippen MR) is 88.3 cm³/mol. The molecule has 0 bridgehead atoms. The van der Waals surface area contributed by atoms with Crippen LogP contribution in [-0.4, -0.2) is 32.5 Å². The highest BCUT2D eigenvalue weighted by molar-refractivity contribution is 5.76. The van der Waals surface area contributed by atoms with Gasteiger partial charge in [-0.15, -0.1) is 0 Å². The van der Waals surface area contributed by atoms with Crippen molar-refractivity contribution in [3.8, 4) is 5.75 Å². The Balaban J connectivity index is 1.73. The molecule has 2 N–H and O–H groups in total. The second kappa shape index (κ2) is 6.98. The van der Waals surface area contributed by atoms with Crippen LogP contribution in [0.1, 0.15) is 18.9 Å². The summed E-state index contributed by atoms with van der Waals surface area (Å²) in [6.45, 7) is 1.93. The van der Waals surface area contributed by atoms with Crippen LogP contribution in [-0.2, 0) is 6.54 Å². The predicted octanol–water partition coefficient (Wildman–Crippen LogP) is 2.67. The van der Waals surface area contributed by atoms with Gasteiger partial charge in [-0.2, -0.15) is 0 Å². The van der Waals surface area contributed by atoms with E-state index in [2.05, 4.69) is 4.98 Å². The molecule has 3 rings (SSSR count). The van der Waals surface area contributed by atoms with E-state index in [9.17, 15) is 14.6 Å². The van der Waals surface area contributed by atoms with E-state index in [1.807, 2.05) is 24.3 Å². The molecule has 0 amide bonds. The fourth-order valence-corrected chi connectivity index (χ4v) is 2.59. The maximum atomic E-state index is 12.9. The molecule has 2 atom stereocenters. The van der Waals surface area contributed by atoms with Crippen molar-refractivity contribution in [1.29, 1.82) is 0 Å². The quantitative estimate of drug-likeness (QED) is 0.729. The first-order valence-electron chi connectivity index (χ1n) is 7.74. The lowest BCUT2D eigenvalue weighted by Gasteiger charge is -2.16. The maximum Gasteiger partial charge on any atom is 0.138 e. The van der Waals surface area contributed by atoms with Gasteiger partial charge in [0.1, 0.15) is 36.2 Å². The van der Waals surface area contributed by atoms with Crippen molar-refractivity contribution < 1.29 is 19.3 Å². The number of aliphatic hydroxyl groups is 2. The van der Waals surface area contributed by atoms with Gasteiger partial charge in [0.05, 0.1) is 17.6 Å². The molecule has 0 unspecified atom stereocenters. The second-order valence-electron chi connectivity index (χ2n) is 5.66. The van der Waals surface area contributed by atoms with Gasteiger partial charge >= 0.3 is 0 Å². The number of fused-ring (bicyclic) bond motifs is 1. The summed E-state index contributed by atoms with van der Waals surface area (Å²) in [7, 11) is 0. The average molecular weight is 330 g/mol. The second-order valence-corrected chi connectivity index (χ2v) is 5.66. The first-order valence-corrected chi connectivity index (χ1v) is 7.74. The Morgan fingerprint density at radius 1 is 1.12 bits per heavy atom. The van der Waals surface area contributed by atoms with Crippen molar-refractivity contribution in [3.63, 3.8) is 0 Å². The fourth-order valence-electron chi connectivity index (χ4n) is 2.59. The summed E-state index contributed by atoms with van der Waals surface area (Å²) in [6, 6.07) is 13.1. The van der Waals surface area contributed by atoms with Gasteiger partial charge in [0.25, 0.3) is 0 Å². The smallest absolute Gasteiger partial charge is 0.138 e. The van der Waals surface area contributed by atoms with E-state index in [1.165, 1.54) is 24.3 Å². The topological polar surface area (TPSA) is 67.5 Å². The van der Waals surface area contributed by atoms with Gasteiger partial charge < -0.3 is 19.5 Å². The third kappa shape index (κ3) is 3.55. The number of aromatic nitrogens is 2. The summed E-state index contributed by atoms with van der Waals surface area (Å²) in [5, 5.41) is 20.2.